The fraction of sp³-hybridized carbons (Fsp3) is 0.579. The smallest absolute Gasteiger partial charge is 0.309 e. The van der Waals surface area contributed by atoms with Crippen LogP contribution >= 0.6 is 0 Å². The van der Waals surface area contributed by atoms with Gasteiger partial charge in [0.05, 0.1) is 4.90 Å². The first kappa shape index (κ1) is 19.8. The van der Waals surface area contributed by atoms with Crippen molar-refractivity contribution in [3.63, 3.8) is 0 Å². The number of aryl methyl sites for hydroxylation is 1. The molecular formula is C19H27N3O4S. The predicted molar refractivity (Wildman–Crippen MR) is 102 cm³/mol. The van der Waals surface area contributed by atoms with E-state index in [0.717, 1.165) is 5.56 Å². The van der Waals surface area contributed by atoms with E-state index in [9.17, 15) is 18.0 Å². The molecule has 2 saturated heterocycles. The maximum absolute atomic E-state index is 13.0. The van der Waals surface area contributed by atoms with Crippen LogP contribution in [-0.2, 0) is 14.8 Å². The molecule has 148 valence electrons. The van der Waals surface area contributed by atoms with Crippen LogP contribution in [0, 0.1) is 12.8 Å². The third kappa shape index (κ3) is 3.25. The van der Waals surface area contributed by atoms with Crippen LogP contribution in [0.15, 0.2) is 29.2 Å². The van der Waals surface area contributed by atoms with E-state index >= 15 is 0 Å². The summed E-state index contributed by atoms with van der Waals surface area (Å²) in [6.45, 7) is 6.78. The molecule has 0 atom stereocenters. The molecule has 3 amide bonds. The summed E-state index contributed by atoms with van der Waals surface area (Å²) in [7, 11) is -2.11. The van der Waals surface area contributed by atoms with Gasteiger partial charge in [-0.3, -0.25) is 9.69 Å². The van der Waals surface area contributed by atoms with E-state index in [4.69, 9.17) is 0 Å². The first-order valence-corrected chi connectivity index (χ1v) is 10.7. The molecule has 0 aliphatic carbocycles. The Morgan fingerprint density at radius 1 is 1.15 bits per heavy atom. The van der Waals surface area contributed by atoms with Gasteiger partial charge in [-0.05, 0) is 43.4 Å². The van der Waals surface area contributed by atoms with Crippen LogP contribution in [0.2, 0.25) is 0 Å². The Morgan fingerprint density at radius 3 is 2.33 bits per heavy atom. The van der Waals surface area contributed by atoms with Crippen molar-refractivity contribution in [3.8, 4) is 0 Å². The van der Waals surface area contributed by atoms with Gasteiger partial charge in [-0.1, -0.05) is 26.0 Å². The molecule has 2 heterocycles. The van der Waals surface area contributed by atoms with Gasteiger partial charge in [-0.15, -0.1) is 0 Å². The van der Waals surface area contributed by atoms with Crippen LogP contribution in [0.1, 0.15) is 32.3 Å². The van der Waals surface area contributed by atoms with Gasteiger partial charge in [-0.25, -0.2) is 13.2 Å². The molecule has 7 nitrogen and oxygen atoms in total. The van der Waals surface area contributed by atoms with E-state index in [-0.39, 0.29) is 35.8 Å². The molecule has 1 aromatic rings. The molecule has 1 spiro atoms. The zero-order chi connectivity index (χ0) is 20.0. The summed E-state index contributed by atoms with van der Waals surface area (Å²) >= 11 is 0. The van der Waals surface area contributed by atoms with Crippen molar-refractivity contribution in [2.45, 2.75) is 44.0 Å². The van der Waals surface area contributed by atoms with E-state index < -0.39 is 15.6 Å². The van der Waals surface area contributed by atoms with Gasteiger partial charge >= 0.3 is 6.03 Å². The summed E-state index contributed by atoms with van der Waals surface area (Å²) in [6.07, 6.45) is 0.638. The predicted octanol–water partition coefficient (Wildman–Crippen LogP) is 2.07. The number of piperidine rings is 1. The molecule has 0 N–H and O–H groups in total. The third-order valence-corrected chi connectivity index (χ3v) is 7.36. The number of amides is 3. The Kier molecular flexibility index (Phi) is 5.07. The van der Waals surface area contributed by atoms with Crippen molar-refractivity contribution in [1.29, 1.82) is 0 Å². The Bertz CT molecular complexity index is 857. The van der Waals surface area contributed by atoms with Crippen molar-refractivity contribution in [3.05, 3.63) is 29.8 Å². The number of urea groups is 1. The van der Waals surface area contributed by atoms with Crippen LogP contribution in [0.3, 0.4) is 0 Å². The van der Waals surface area contributed by atoms with Gasteiger partial charge in [0.1, 0.15) is 5.54 Å². The SMILES string of the molecule is Cc1cccc(S(=O)(=O)N2CCC3(CC2)C(=O)N(C)C(=O)N3CC(C)C)c1. The maximum atomic E-state index is 13.0. The number of likely N-dealkylation sites (N-methyl/N-ethyl adjacent to an activating group) is 1. The summed E-state index contributed by atoms with van der Waals surface area (Å²) in [5, 5.41) is 0. The normalized spacial score (nSPS) is 20.9. The molecule has 0 unspecified atom stereocenters. The zero-order valence-corrected chi connectivity index (χ0v) is 17.1. The summed E-state index contributed by atoms with van der Waals surface area (Å²) in [5.41, 5.74) is -0.0415. The number of rotatable bonds is 4. The largest absolute Gasteiger partial charge is 0.327 e. The van der Waals surface area contributed by atoms with Crippen molar-refractivity contribution < 1.29 is 18.0 Å². The maximum Gasteiger partial charge on any atom is 0.327 e. The van der Waals surface area contributed by atoms with Gasteiger partial charge in [0.25, 0.3) is 5.91 Å². The minimum atomic E-state index is -3.61. The molecule has 1 aromatic carbocycles. The second kappa shape index (κ2) is 6.91. The third-order valence-electron chi connectivity index (χ3n) is 5.46. The number of carbonyl (C=O) groups is 2. The van der Waals surface area contributed by atoms with E-state index in [1.165, 1.54) is 16.3 Å². The highest BCUT2D eigenvalue weighted by molar-refractivity contribution is 7.89. The van der Waals surface area contributed by atoms with Gasteiger partial charge in [0.2, 0.25) is 10.0 Å². The summed E-state index contributed by atoms with van der Waals surface area (Å²) < 4.78 is 27.4. The number of nitrogens with zero attached hydrogens (tertiary/aromatic N) is 3. The number of carbonyl (C=O) groups excluding carboxylic acids is 2. The summed E-state index contributed by atoms with van der Waals surface area (Å²) in [6, 6.07) is 6.54. The second-order valence-electron chi connectivity index (χ2n) is 7.90. The van der Waals surface area contributed by atoms with Crippen molar-refractivity contribution in [2.75, 3.05) is 26.7 Å². The van der Waals surface area contributed by atoms with Crippen LogP contribution < -0.4 is 0 Å². The second-order valence-corrected chi connectivity index (χ2v) is 9.84. The van der Waals surface area contributed by atoms with Crippen LogP contribution in [-0.4, -0.2) is 66.7 Å². The molecule has 0 saturated carbocycles. The number of hydrogen-bond donors (Lipinski definition) is 0. The van der Waals surface area contributed by atoms with Gasteiger partial charge in [0, 0.05) is 26.7 Å². The van der Waals surface area contributed by atoms with Crippen LogP contribution in [0.4, 0.5) is 4.79 Å². The quantitative estimate of drug-likeness (QED) is 0.734. The molecule has 2 fully saturated rings. The van der Waals surface area contributed by atoms with Gasteiger partial charge < -0.3 is 4.90 Å². The molecule has 2 aliphatic heterocycles. The summed E-state index contributed by atoms with van der Waals surface area (Å²) in [5.74, 6) is -0.0000605. The summed E-state index contributed by atoms with van der Waals surface area (Å²) in [4.78, 5) is 28.5. The minimum absolute atomic E-state index is 0.220. The number of sulfonamides is 1. The van der Waals surface area contributed by atoms with Crippen molar-refractivity contribution >= 4 is 22.0 Å². The molecule has 0 aromatic heterocycles. The lowest BCUT2D eigenvalue weighted by Gasteiger charge is -2.42. The number of imide groups is 1. The van der Waals surface area contributed by atoms with Gasteiger partial charge in [0.15, 0.2) is 0 Å². The van der Waals surface area contributed by atoms with E-state index in [1.807, 2.05) is 26.8 Å². The van der Waals surface area contributed by atoms with E-state index in [0.29, 0.717) is 19.4 Å². The van der Waals surface area contributed by atoms with Crippen molar-refractivity contribution in [2.24, 2.45) is 5.92 Å². The topological polar surface area (TPSA) is 78.0 Å². The molecule has 2 aliphatic rings. The molecular weight excluding hydrogens is 366 g/mol. The first-order valence-electron chi connectivity index (χ1n) is 9.26. The Hall–Kier alpha value is -1.93. The highest BCUT2D eigenvalue weighted by atomic mass is 32.2. The lowest BCUT2D eigenvalue weighted by Crippen LogP contribution is -2.57. The van der Waals surface area contributed by atoms with Crippen LogP contribution in [0.5, 0.6) is 0 Å². The van der Waals surface area contributed by atoms with Crippen LogP contribution in [0.25, 0.3) is 0 Å². The zero-order valence-electron chi connectivity index (χ0n) is 16.3. The highest BCUT2D eigenvalue weighted by Gasteiger charge is 2.57. The Labute approximate surface area is 161 Å². The first-order chi connectivity index (χ1) is 12.6. The molecule has 0 bridgehead atoms. The fourth-order valence-corrected chi connectivity index (χ4v) is 5.55. The molecule has 8 heteroatoms. The fourth-order valence-electron chi connectivity index (χ4n) is 4.00. The lowest BCUT2D eigenvalue weighted by molar-refractivity contribution is -0.134. The number of benzene rings is 1. The van der Waals surface area contributed by atoms with Crippen molar-refractivity contribution in [1.82, 2.24) is 14.1 Å². The van der Waals surface area contributed by atoms with E-state index in [2.05, 4.69) is 0 Å². The number of hydrogen-bond acceptors (Lipinski definition) is 4. The average Bonchev–Trinajstić information content (AvgIpc) is 2.78. The molecule has 0 radical (unpaired) electrons. The Balaban J connectivity index is 1.85. The van der Waals surface area contributed by atoms with Gasteiger partial charge in [-0.2, -0.15) is 4.31 Å². The Morgan fingerprint density at radius 2 is 1.78 bits per heavy atom. The standard InChI is InChI=1S/C19H27N3O4S/c1-14(2)13-22-18(24)20(4)17(23)19(22)8-10-21(11-9-19)27(25,26)16-7-5-6-15(3)12-16/h5-7,12,14H,8-11,13H2,1-4H3. The highest BCUT2D eigenvalue weighted by Crippen LogP contribution is 2.38. The lowest BCUT2D eigenvalue weighted by atomic mass is 9.86. The van der Waals surface area contributed by atoms with E-state index in [1.54, 1.807) is 23.1 Å². The molecule has 27 heavy (non-hydrogen) atoms. The monoisotopic (exact) mass is 393 g/mol. The minimum Gasteiger partial charge on any atom is -0.309 e. The average molecular weight is 394 g/mol. The molecule has 3 rings (SSSR count).